The van der Waals surface area contributed by atoms with Crippen molar-refractivity contribution >= 4 is 5.97 Å². The third kappa shape index (κ3) is 2.55. The van der Waals surface area contributed by atoms with Crippen LogP contribution in [-0.2, 0) is 16.6 Å². The van der Waals surface area contributed by atoms with Gasteiger partial charge in [-0.2, -0.15) is 5.10 Å². The molecule has 0 radical (unpaired) electrons. The van der Waals surface area contributed by atoms with E-state index in [1.54, 1.807) is 18.7 Å². The minimum atomic E-state index is -0.336. The fraction of sp³-hybridized carbons (Fsp3) is 0.700. The van der Waals surface area contributed by atoms with Gasteiger partial charge in [-0.15, -0.1) is 0 Å². The van der Waals surface area contributed by atoms with Crippen molar-refractivity contribution in [2.45, 2.75) is 26.7 Å². The Morgan fingerprint density at radius 2 is 2.27 bits per heavy atom. The van der Waals surface area contributed by atoms with Gasteiger partial charge in [-0.25, -0.2) is 4.98 Å². The van der Waals surface area contributed by atoms with E-state index in [9.17, 15) is 4.79 Å². The molecule has 1 aromatic heterocycles. The first-order valence-corrected chi connectivity index (χ1v) is 5.08. The first-order valence-electron chi connectivity index (χ1n) is 5.08. The highest BCUT2D eigenvalue weighted by Gasteiger charge is 2.29. The second kappa shape index (κ2) is 4.91. The number of ether oxygens (including phenoxy) is 1. The SMILES string of the molecule is CCOC(=O)C(c1ncnn1C)C(C)C. The predicted octanol–water partition coefficient (Wildman–Crippen LogP) is 1.12. The number of carbonyl (C=O) groups is 1. The Hall–Kier alpha value is -1.39. The molecule has 0 bridgehead atoms. The smallest absolute Gasteiger partial charge is 0.316 e. The first kappa shape index (κ1) is 11.7. The largest absolute Gasteiger partial charge is 0.465 e. The summed E-state index contributed by atoms with van der Waals surface area (Å²) in [6.07, 6.45) is 1.45. The molecule has 1 unspecified atom stereocenters. The van der Waals surface area contributed by atoms with Gasteiger partial charge >= 0.3 is 5.97 Å². The van der Waals surface area contributed by atoms with Gasteiger partial charge in [-0.3, -0.25) is 9.48 Å². The lowest BCUT2D eigenvalue weighted by atomic mass is 9.95. The van der Waals surface area contributed by atoms with Crippen molar-refractivity contribution in [2.75, 3.05) is 6.61 Å². The maximum absolute atomic E-state index is 11.7. The Labute approximate surface area is 89.5 Å². The van der Waals surface area contributed by atoms with Crippen molar-refractivity contribution in [3.8, 4) is 0 Å². The fourth-order valence-corrected chi connectivity index (χ4v) is 1.49. The standard InChI is InChI=1S/C10H17N3O2/c1-5-15-10(14)8(7(2)3)9-11-6-12-13(9)4/h6-8H,5H2,1-4H3. The fourth-order valence-electron chi connectivity index (χ4n) is 1.49. The quantitative estimate of drug-likeness (QED) is 0.700. The van der Waals surface area contributed by atoms with Crippen molar-refractivity contribution in [1.29, 1.82) is 0 Å². The minimum Gasteiger partial charge on any atom is -0.465 e. The van der Waals surface area contributed by atoms with Crippen LogP contribution in [0.2, 0.25) is 0 Å². The van der Waals surface area contributed by atoms with Crippen LogP contribution in [0.1, 0.15) is 32.5 Å². The molecule has 0 spiro atoms. The maximum Gasteiger partial charge on any atom is 0.316 e. The van der Waals surface area contributed by atoms with E-state index in [-0.39, 0.29) is 17.8 Å². The summed E-state index contributed by atoms with van der Waals surface area (Å²) in [5, 5.41) is 3.96. The van der Waals surface area contributed by atoms with Gasteiger partial charge < -0.3 is 4.74 Å². The van der Waals surface area contributed by atoms with Crippen LogP contribution in [0.25, 0.3) is 0 Å². The molecule has 0 aromatic carbocycles. The Balaban J connectivity index is 2.93. The minimum absolute atomic E-state index is 0.145. The van der Waals surface area contributed by atoms with Gasteiger partial charge in [0.25, 0.3) is 0 Å². The van der Waals surface area contributed by atoms with Gasteiger partial charge in [0.1, 0.15) is 18.1 Å². The van der Waals surface area contributed by atoms with Gasteiger partial charge in [0.2, 0.25) is 0 Å². The van der Waals surface area contributed by atoms with Crippen LogP contribution in [0.15, 0.2) is 6.33 Å². The molecule has 1 atom stereocenters. The Morgan fingerprint density at radius 3 is 2.67 bits per heavy atom. The van der Waals surface area contributed by atoms with E-state index in [0.29, 0.717) is 12.4 Å². The summed E-state index contributed by atoms with van der Waals surface area (Å²) in [5.41, 5.74) is 0. The number of hydrogen-bond donors (Lipinski definition) is 0. The van der Waals surface area contributed by atoms with Crippen molar-refractivity contribution in [3.05, 3.63) is 12.2 Å². The topological polar surface area (TPSA) is 57.0 Å². The third-order valence-corrected chi connectivity index (χ3v) is 2.23. The summed E-state index contributed by atoms with van der Waals surface area (Å²) in [5.74, 6) is 0.233. The first-order chi connectivity index (χ1) is 7.07. The van der Waals surface area contributed by atoms with Gasteiger partial charge in [0, 0.05) is 7.05 Å². The second-order valence-electron chi connectivity index (χ2n) is 3.72. The van der Waals surface area contributed by atoms with Crippen LogP contribution in [0.3, 0.4) is 0 Å². The lowest BCUT2D eigenvalue weighted by Crippen LogP contribution is -2.24. The van der Waals surface area contributed by atoms with Crippen LogP contribution in [-0.4, -0.2) is 27.3 Å². The maximum atomic E-state index is 11.7. The molecule has 1 rings (SSSR count). The van der Waals surface area contributed by atoms with Crippen molar-refractivity contribution in [2.24, 2.45) is 13.0 Å². The summed E-state index contributed by atoms with van der Waals surface area (Å²) in [6.45, 7) is 6.12. The van der Waals surface area contributed by atoms with Crippen LogP contribution in [0.5, 0.6) is 0 Å². The molecule has 0 saturated heterocycles. The average Bonchev–Trinajstić information content (AvgIpc) is 2.52. The Bertz CT molecular complexity index is 333. The highest BCUT2D eigenvalue weighted by Crippen LogP contribution is 2.23. The molecule has 0 saturated carbocycles. The number of rotatable bonds is 4. The van der Waals surface area contributed by atoms with Crippen LogP contribution < -0.4 is 0 Å². The van der Waals surface area contributed by atoms with Crippen molar-refractivity contribution < 1.29 is 9.53 Å². The zero-order valence-corrected chi connectivity index (χ0v) is 9.60. The van der Waals surface area contributed by atoms with E-state index < -0.39 is 0 Å². The molecule has 1 heterocycles. The number of nitrogens with zero attached hydrogens (tertiary/aromatic N) is 3. The molecule has 5 nitrogen and oxygen atoms in total. The predicted molar refractivity (Wildman–Crippen MR) is 55.2 cm³/mol. The molecule has 0 aliphatic carbocycles. The summed E-state index contributed by atoms with van der Waals surface area (Å²) in [6, 6.07) is 0. The molecule has 5 heteroatoms. The zero-order chi connectivity index (χ0) is 11.4. The molecule has 15 heavy (non-hydrogen) atoms. The molecule has 0 N–H and O–H groups in total. The highest BCUT2D eigenvalue weighted by atomic mass is 16.5. The third-order valence-electron chi connectivity index (χ3n) is 2.23. The van der Waals surface area contributed by atoms with Crippen molar-refractivity contribution in [1.82, 2.24) is 14.8 Å². The van der Waals surface area contributed by atoms with Crippen LogP contribution >= 0.6 is 0 Å². The van der Waals surface area contributed by atoms with E-state index in [4.69, 9.17) is 4.74 Å². The monoisotopic (exact) mass is 211 g/mol. The zero-order valence-electron chi connectivity index (χ0n) is 9.60. The van der Waals surface area contributed by atoms with E-state index in [0.717, 1.165) is 0 Å². The summed E-state index contributed by atoms with van der Waals surface area (Å²) < 4.78 is 6.64. The lowest BCUT2D eigenvalue weighted by Gasteiger charge is -2.17. The lowest BCUT2D eigenvalue weighted by molar-refractivity contribution is -0.146. The molecule has 1 aromatic rings. The van der Waals surface area contributed by atoms with E-state index in [2.05, 4.69) is 10.1 Å². The van der Waals surface area contributed by atoms with Gasteiger partial charge in [-0.1, -0.05) is 13.8 Å². The van der Waals surface area contributed by atoms with E-state index >= 15 is 0 Å². The summed E-state index contributed by atoms with van der Waals surface area (Å²) >= 11 is 0. The number of carbonyl (C=O) groups excluding carboxylic acids is 1. The van der Waals surface area contributed by atoms with Gasteiger partial charge in [-0.05, 0) is 12.8 Å². The van der Waals surface area contributed by atoms with E-state index in [1.807, 2.05) is 13.8 Å². The van der Waals surface area contributed by atoms with E-state index in [1.165, 1.54) is 6.33 Å². The van der Waals surface area contributed by atoms with Crippen LogP contribution in [0, 0.1) is 5.92 Å². The Morgan fingerprint density at radius 1 is 1.60 bits per heavy atom. The molecule has 0 aliphatic heterocycles. The highest BCUT2D eigenvalue weighted by molar-refractivity contribution is 5.77. The number of hydrogen-bond acceptors (Lipinski definition) is 4. The van der Waals surface area contributed by atoms with Crippen molar-refractivity contribution in [3.63, 3.8) is 0 Å². The van der Waals surface area contributed by atoms with Crippen LogP contribution in [0.4, 0.5) is 0 Å². The number of esters is 1. The molecule has 0 fully saturated rings. The average molecular weight is 211 g/mol. The second-order valence-corrected chi connectivity index (χ2v) is 3.72. The Kier molecular flexibility index (Phi) is 3.82. The molecule has 0 aliphatic rings. The normalized spacial score (nSPS) is 12.9. The summed E-state index contributed by atoms with van der Waals surface area (Å²) in [4.78, 5) is 15.8. The number of aryl methyl sites for hydroxylation is 1. The van der Waals surface area contributed by atoms with Gasteiger partial charge in [0.15, 0.2) is 0 Å². The summed E-state index contributed by atoms with van der Waals surface area (Å²) in [7, 11) is 1.77. The molecule has 84 valence electrons. The molecular weight excluding hydrogens is 194 g/mol. The molecular formula is C10H17N3O2. The van der Waals surface area contributed by atoms with Gasteiger partial charge in [0.05, 0.1) is 6.61 Å². The molecule has 0 amide bonds. The number of aromatic nitrogens is 3.